The maximum atomic E-state index is 12.3. The summed E-state index contributed by atoms with van der Waals surface area (Å²) in [6.07, 6.45) is 0. The molecule has 116 valence electrons. The third kappa shape index (κ3) is 3.36. The fourth-order valence-electron chi connectivity index (χ4n) is 2.98. The third-order valence-corrected chi connectivity index (χ3v) is 4.97. The zero-order valence-electron chi connectivity index (χ0n) is 13.0. The lowest BCUT2D eigenvalue weighted by Gasteiger charge is -2.17. The highest BCUT2D eigenvalue weighted by molar-refractivity contribution is 7.03. The van der Waals surface area contributed by atoms with E-state index in [0.717, 1.165) is 25.3 Å². The third-order valence-electron chi connectivity index (χ3n) is 4.25. The molecule has 1 N–H and O–H groups in total. The maximum Gasteiger partial charge on any atom is 0.254 e. The number of nitrogens with zero attached hydrogens (tertiary/aromatic N) is 2. The molecule has 2 aromatic rings. The molecule has 0 spiro atoms. The van der Waals surface area contributed by atoms with Crippen LogP contribution in [0.5, 0.6) is 0 Å². The Morgan fingerprint density at radius 3 is 2.82 bits per heavy atom. The zero-order valence-corrected chi connectivity index (χ0v) is 13.8. The van der Waals surface area contributed by atoms with Crippen LogP contribution in [-0.4, -0.2) is 34.3 Å². The number of rotatable bonds is 4. The lowest BCUT2D eigenvalue weighted by Crippen LogP contribution is -2.39. The van der Waals surface area contributed by atoms with Crippen molar-refractivity contribution < 1.29 is 4.79 Å². The van der Waals surface area contributed by atoms with Gasteiger partial charge < -0.3 is 5.32 Å². The van der Waals surface area contributed by atoms with Crippen LogP contribution >= 0.6 is 11.5 Å². The minimum absolute atomic E-state index is 0.00432. The molecule has 1 aromatic carbocycles. The number of hydrogen-bond donors (Lipinski definition) is 1. The SMILES string of the molecule is Cc1nscc1C(=O)N[C@H]1CN(Cc2ccccc2)C[C@H]1C. The van der Waals surface area contributed by atoms with E-state index in [4.69, 9.17) is 0 Å². The first-order valence-electron chi connectivity index (χ1n) is 7.61. The summed E-state index contributed by atoms with van der Waals surface area (Å²) < 4.78 is 4.17. The lowest BCUT2D eigenvalue weighted by molar-refractivity contribution is 0.0931. The van der Waals surface area contributed by atoms with Gasteiger partial charge >= 0.3 is 0 Å². The molecule has 22 heavy (non-hydrogen) atoms. The molecule has 0 bridgehead atoms. The standard InChI is InChI=1S/C17H21N3OS/c1-12-8-20(9-14-6-4-3-5-7-14)10-16(12)18-17(21)15-11-22-19-13(15)2/h3-7,11-12,16H,8-10H2,1-2H3,(H,18,21)/t12-,16+/m1/s1. The molecule has 1 saturated heterocycles. The number of nitrogens with one attached hydrogen (secondary N) is 1. The first-order valence-corrected chi connectivity index (χ1v) is 8.45. The van der Waals surface area contributed by atoms with Crippen LogP contribution in [0.1, 0.15) is 28.5 Å². The van der Waals surface area contributed by atoms with Gasteiger partial charge in [-0.25, -0.2) is 0 Å². The van der Waals surface area contributed by atoms with Crippen LogP contribution in [-0.2, 0) is 6.54 Å². The van der Waals surface area contributed by atoms with Gasteiger partial charge in [-0.1, -0.05) is 37.3 Å². The Bertz CT molecular complexity index is 640. The van der Waals surface area contributed by atoms with Crippen LogP contribution in [0.15, 0.2) is 35.7 Å². The number of benzene rings is 1. The van der Waals surface area contributed by atoms with Gasteiger partial charge in [0, 0.05) is 31.1 Å². The summed E-state index contributed by atoms with van der Waals surface area (Å²) in [7, 11) is 0. The van der Waals surface area contributed by atoms with E-state index >= 15 is 0 Å². The summed E-state index contributed by atoms with van der Waals surface area (Å²) in [5.74, 6) is 0.462. The minimum atomic E-state index is 0.00432. The van der Waals surface area contributed by atoms with Gasteiger partial charge in [0.15, 0.2) is 0 Å². The van der Waals surface area contributed by atoms with Crippen LogP contribution in [0.4, 0.5) is 0 Å². The fourth-order valence-corrected chi connectivity index (χ4v) is 3.67. The average Bonchev–Trinajstić information content (AvgIpc) is 3.06. The molecule has 1 aliphatic heterocycles. The predicted molar refractivity (Wildman–Crippen MR) is 89.0 cm³/mol. The second-order valence-corrected chi connectivity index (χ2v) is 6.68. The highest BCUT2D eigenvalue weighted by Gasteiger charge is 2.31. The zero-order chi connectivity index (χ0) is 15.5. The van der Waals surface area contributed by atoms with Crippen LogP contribution in [0.25, 0.3) is 0 Å². The van der Waals surface area contributed by atoms with Crippen molar-refractivity contribution in [3.8, 4) is 0 Å². The Kier molecular flexibility index (Phi) is 4.55. The number of carbonyl (C=O) groups is 1. The van der Waals surface area contributed by atoms with Crippen LogP contribution < -0.4 is 5.32 Å². The van der Waals surface area contributed by atoms with E-state index in [2.05, 4.69) is 45.8 Å². The summed E-state index contributed by atoms with van der Waals surface area (Å²) in [6, 6.07) is 10.7. The van der Waals surface area contributed by atoms with Gasteiger partial charge in [-0.05, 0) is 29.9 Å². The van der Waals surface area contributed by atoms with Crippen molar-refractivity contribution >= 4 is 17.4 Å². The second-order valence-electron chi connectivity index (χ2n) is 6.05. The van der Waals surface area contributed by atoms with Gasteiger partial charge in [0.25, 0.3) is 5.91 Å². The van der Waals surface area contributed by atoms with Gasteiger partial charge in [0.1, 0.15) is 0 Å². The molecule has 1 aromatic heterocycles. The molecule has 2 heterocycles. The number of amides is 1. The van der Waals surface area contributed by atoms with Crippen molar-refractivity contribution in [1.29, 1.82) is 0 Å². The highest BCUT2D eigenvalue weighted by Crippen LogP contribution is 2.20. The molecule has 5 heteroatoms. The van der Waals surface area contributed by atoms with E-state index < -0.39 is 0 Å². The largest absolute Gasteiger partial charge is 0.348 e. The van der Waals surface area contributed by atoms with E-state index in [9.17, 15) is 4.79 Å². The first kappa shape index (κ1) is 15.2. The Morgan fingerprint density at radius 2 is 2.14 bits per heavy atom. The first-order chi connectivity index (χ1) is 10.6. The van der Waals surface area contributed by atoms with Crippen LogP contribution in [0.2, 0.25) is 0 Å². The Labute approximate surface area is 135 Å². The highest BCUT2D eigenvalue weighted by atomic mass is 32.1. The Hall–Kier alpha value is -1.72. The van der Waals surface area contributed by atoms with E-state index in [-0.39, 0.29) is 11.9 Å². The normalized spacial score (nSPS) is 21.9. The quantitative estimate of drug-likeness (QED) is 0.943. The molecular formula is C17H21N3OS. The topological polar surface area (TPSA) is 45.2 Å². The van der Waals surface area contributed by atoms with Crippen molar-refractivity contribution in [2.45, 2.75) is 26.4 Å². The molecular weight excluding hydrogens is 294 g/mol. The van der Waals surface area contributed by atoms with E-state index in [1.165, 1.54) is 17.1 Å². The molecule has 2 atom stereocenters. The molecule has 0 aliphatic carbocycles. The summed E-state index contributed by atoms with van der Waals surface area (Å²) in [5.41, 5.74) is 2.84. The van der Waals surface area contributed by atoms with E-state index in [1.807, 2.05) is 18.4 Å². The molecule has 1 aliphatic rings. The summed E-state index contributed by atoms with van der Waals surface area (Å²) in [5, 5.41) is 5.00. The number of hydrogen-bond acceptors (Lipinski definition) is 4. The van der Waals surface area contributed by atoms with Crippen molar-refractivity contribution in [2.75, 3.05) is 13.1 Å². The molecule has 0 unspecified atom stereocenters. The minimum Gasteiger partial charge on any atom is -0.348 e. The molecule has 4 nitrogen and oxygen atoms in total. The Balaban J connectivity index is 1.59. The molecule has 1 amide bonds. The summed E-state index contributed by atoms with van der Waals surface area (Å²) in [4.78, 5) is 14.7. The summed E-state index contributed by atoms with van der Waals surface area (Å²) >= 11 is 1.33. The van der Waals surface area contributed by atoms with Gasteiger partial charge in [-0.2, -0.15) is 4.37 Å². The van der Waals surface area contributed by atoms with E-state index in [0.29, 0.717) is 11.5 Å². The average molecular weight is 315 g/mol. The number of likely N-dealkylation sites (tertiary alicyclic amines) is 1. The molecule has 0 saturated carbocycles. The van der Waals surface area contributed by atoms with Crippen LogP contribution in [0.3, 0.4) is 0 Å². The molecule has 0 radical (unpaired) electrons. The smallest absolute Gasteiger partial charge is 0.254 e. The van der Waals surface area contributed by atoms with Crippen molar-refractivity contribution in [2.24, 2.45) is 5.92 Å². The van der Waals surface area contributed by atoms with Crippen molar-refractivity contribution in [1.82, 2.24) is 14.6 Å². The second kappa shape index (κ2) is 6.58. The van der Waals surface area contributed by atoms with Gasteiger partial charge in [-0.3, -0.25) is 9.69 Å². The van der Waals surface area contributed by atoms with Crippen LogP contribution in [0, 0.1) is 12.8 Å². The monoisotopic (exact) mass is 315 g/mol. The number of aryl methyl sites for hydroxylation is 1. The summed E-state index contributed by atoms with van der Waals surface area (Å²) in [6.45, 7) is 6.94. The molecule has 3 rings (SSSR count). The van der Waals surface area contributed by atoms with Gasteiger partial charge in [-0.15, -0.1) is 0 Å². The Morgan fingerprint density at radius 1 is 1.36 bits per heavy atom. The van der Waals surface area contributed by atoms with E-state index in [1.54, 1.807) is 0 Å². The predicted octanol–water partition coefficient (Wildman–Crippen LogP) is 2.70. The molecule has 1 fully saturated rings. The van der Waals surface area contributed by atoms with Crippen molar-refractivity contribution in [3.63, 3.8) is 0 Å². The maximum absolute atomic E-state index is 12.3. The lowest BCUT2D eigenvalue weighted by atomic mass is 10.1. The van der Waals surface area contributed by atoms with Gasteiger partial charge in [0.2, 0.25) is 0 Å². The fraction of sp³-hybridized carbons (Fsp3) is 0.412. The van der Waals surface area contributed by atoms with Crippen molar-refractivity contribution in [3.05, 3.63) is 52.5 Å². The number of carbonyl (C=O) groups excluding carboxylic acids is 1. The number of aromatic nitrogens is 1. The van der Waals surface area contributed by atoms with Gasteiger partial charge in [0.05, 0.1) is 11.3 Å².